The molecule has 0 aliphatic heterocycles. The van der Waals surface area contributed by atoms with Crippen molar-refractivity contribution in [1.29, 1.82) is 0 Å². The van der Waals surface area contributed by atoms with E-state index in [1.54, 1.807) is 12.1 Å². The number of aliphatic carboxylic acids is 1. The Labute approximate surface area is 281 Å². The Morgan fingerprint density at radius 2 is 1.53 bits per heavy atom. The maximum atomic E-state index is 14.1. The molecular weight excluding hydrogens is 575 g/mol. The molecule has 4 aromatic rings. The van der Waals surface area contributed by atoms with E-state index in [0.717, 1.165) is 28.1 Å². The molecule has 222 valence electrons. The standard InChI is InChI=1S/C34H37FN2O5.Ca/c1-22(2)32-31(34(41)36-26-12-8-5-9-13-26)30(23-10-6-4-7-11-23)33(24-14-16-25(35)17-15-24)37(32)19-18-27(38)20-28(42-3)21-29(39)40;/h4-17,22,27-28,38H,18-21H2,1-3H3,(H,36,41)(H,39,40);/t27-,28-;/m1./s1. The molecule has 3 N–H and O–H groups in total. The summed E-state index contributed by atoms with van der Waals surface area (Å²) in [6.07, 6.45) is -1.25. The van der Waals surface area contributed by atoms with E-state index >= 15 is 0 Å². The number of carboxylic acid groups (broad SMARTS) is 1. The van der Waals surface area contributed by atoms with Crippen LogP contribution in [-0.2, 0) is 16.1 Å². The number of anilines is 1. The molecule has 2 radical (unpaired) electrons. The summed E-state index contributed by atoms with van der Waals surface area (Å²) >= 11 is 0. The van der Waals surface area contributed by atoms with E-state index in [2.05, 4.69) is 5.32 Å². The Balaban J connectivity index is 0.00000506. The first-order valence-electron chi connectivity index (χ1n) is 14.1. The minimum absolute atomic E-state index is 0. The Kier molecular flexibility index (Phi) is 13.0. The molecule has 4 rings (SSSR count). The fourth-order valence-electron chi connectivity index (χ4n) is 5.37. The van der Waals surface area contributed by atoms with Crippen molar-refractivity contribution in [3.8, 4) is 22.4 Å². The van der Waals surface area contributed by atoms with Gasteiger partial charge < -0.3 is 24.8 Å². The summed E-state index contributed by atoms with van der Waals surface area (Å²) in [7, 11) is 1.43. The van der Waals surface area contributed by atoms with E-state index in [9.17, 15) is 24.2 Å². The van der Waals surface area contributed by atoms with Gasteiger partial charge in [-0.05, 0) is 59.9 Å². The molecule has 0 fully saturated rings. The van der Waals surface area contributed by atoms with Crippen molar-refractivity contribution in [3.63, 3.8) is 0 Å². The van der Waals surface area contributed by atoms with Gasteiger partial charge >= 0.3 is 5.97 Å². The fraction of sp³-hybridized carbons (Fsp3) is 0.294. The van der Waals surface area contributed by atoms with Crippen LogP contribution in [0.1, 0.15) is 55.1 Å². The first kappa shape index (κ1) is 34.5. The summed E-state index contributed by atoms with van der Waals surface area (Å²) in [5, 5.41) is 23.2. The minimum atomic E-state index is -0.998. The zero-order valence-electron chi connectivity index (χ0n) is 24.8. The maximum Gasteiger partial charge on any atom is 0.305 e. The minimum Gasteiger partial charge on any atom is -0.481 e. The van der Waals surface area contributed by atoms with Crippen molar-refractivity contribution in [2.75, 3.05) is 12.4 Å². The van der Waals surface area contributed by atoms with Crippen LogP contribution in [-0.4, -0.2) is 83.7 Å². The Morgan fingerprint density at radius 1 is 0.930 bits per heavy atom. The molecule has 1 aromatic heterocycles. The molecule has 0 saturated heterocycles. The Morgan fingerprint density at radius 3 is 2.09 bits per heavy atom. The van der Waals surface area contributed by atoms with Crippen LogP contribution in [0, 0.1) is 5.82 Å². The second-order valence-corrected chi connectivity index (χ2v) is 10.6. The molecule has 0 bridgehead atoms. The largest absolute Gasteiger partial charge is 0.481 e. The Hall–Kier alpha value is -3.01. The van der Waals surface area contributed by atoms with E-state index in [-0.39, 0.29) is 74.6 Å². The summed E-state index contributed by atoms with van der Waals surface area (Å²) in [5.74, 6) is -1.73. The number of hydrogen-bond acceptors (Lipinski definition) is 4. The summed E-state index contributed by atoms with van der Waals surface area (Å²) in [6, 6.07) is 25.0. The number of halogens is 1. The van der Waals surface area contributed by atoms with Crippen LogP contribution in [0.25, 0.3) is 22.4 Å². The third-order valence-electron chi connectivity index (χ3n) is 7.25. The zero-order chi connectivity index (χ0) is 30.2. The molecule has 0 spiro atoms. The summed E-state index contributed by atoms with van der Waals surface area (Å²) < 4.78 is 21.4. The number of methoxy groups -OCH3 is 1. The molecule has 7 nitrogen and oxygen atoms in total. The predicted octanol–water partition coefficient (Wildman–Crippen LogP) is 6.59. The number of carbonyl (C=O) groups excluding carboxylic acids is 1. The van der Waals surface area contributed by atoms with E-state index in [4.69, 9.17) is 4.74 Å². The molecule has 0 aliphatic rings. The van der Waals surface area contributed by atoms with Crippen LogP contribution in [0.3, 0.4) is 0 Å². The van der Waals surface area contributed by atoms with Gasteiger partial charge in [0.1, 0.15) is 5.82 Å². The zero-order valence-corrected chi connectivity index (χ0v) is 27.0. The molecule has 43 heavy (non-hydrogen) atoms. The number of para-hydroxylation sites is 1. The van der Waals surface area contributed by atoms with E-state index in [1.807, 2.05) is 79.1 Å². The second-order valence-electron chi connectivity index (χ2n) is 10.6. The summed E-state index contributed by atoms with van der Waals surface area (Å²) in [6.45, 7) is 4.36. The van der Waals surface area contributed by atoms with Crippen molar-refractivity contribution in [2.24, 2.45) is 0 Å². The third-order valence-corrected chi connectivity index (χ3v) is 7.25. The van der Waals surface area contributed by atoms with E-state index in [1.165, 1.54) is 19.2 Å². The third kappa shape index (κ3) is 8.77. The van der Waals surface area contributed by atoms with Gasteiger partial charge in [-0.3, -0.25) is 9.59 Å². The number of rotatable bonds is 13. The van der Waals surface area contributed by atoms with E-state index in [0.29, 0.717) is 17.8 Å². The number of nitrogens with zero attached hydrogens (tertiary/aromatic N) is 1. The van der Waals surface area contributed by atoms with Crippen molar-refractivity contribution >= 4 is 55.3 Å². The Bertz CT molecular complexity index is 1490. The van der Waals surface area contributed by atoms with Gasteiger partial charge in [-0.1, -0.05) is 62.4 Å². The van der Waals surface area contributed by atoms with Gasteiger partial charge in [0.25, 0.3) is 5.91 Å². The number of carboxylic acids is 1. The number of aliphatic hydroxyl groups excluding tert-OH is 1. The average molecular weight is 613 g/mol. The van der Waals surface area contributed by atoms with Crippen molar-refractivity contribution in [2.45, 2.75) is 57.8 Å². The summed E-state index contributed by atoms with van der Waals surface area (Å²) in [5.41, 5.74) is 4.96. The van der Waals surface area contributed by atoms with Gasteiger partial charge in [0.2, 0.25) is 0 Å². The van der Waals surface area contributed by atoms with E-state index < -0.39 is 18.2 Å². The molecule has 1 amide bonds. The number of carbonyl (C=O) groups is 2. The molecule has 2 atom stereocenters. The summed E-state index contributed by atoms with van der Waals surface area (Å²) in [4.78, 5) is 25.3. The van der Waals surface area contributed by atoms with Crippen molar-refractivity contribution in [3.05, 3.63) is 102 Å². The monoisotopic (exact) mass is 612 g/mol. The molecular formula is C34H37CaFN2O5. The van der Waals surface area contributed by atoms with Gasteiger partial charge in [-0.25, -0.2) is 4.39 Å². The van der Waals surface area contributed by atoms with Crippen molar-refractivity contribution < 1.29 is 28.9 Å². The molecule has 0 aliphatic carbocycles. The first-order valence-corrected chi connectivity index (χ1v) is 14.1. The predicted molar refractivity (Wildman–Crippen MR) is 168 cm³/mol. The van der Waals surface area contributed by atoms with Crippen LogP contribution in [0.4, 0.5) is 10.1 Å². The fourth-order valence-corrected chi connectivity index (χ4v) is 5.37. The number of ether oxygens (including phenoxy) is 1. The van der Waals surface area contributed by atoms with Gasteiger partial charge in [-0.15, -0.1) is 0 Å². The number of aliphatic hydroxyl groups is 1. The van der Waals surface area contributed by atoms with Crippen LogP contribution in [0.5, 0.6) is 0 Å². The number of benzene rings is 3. The second kappa shape index (κ2) is 16.2. The molecule has 1 heterocycles. The van der Waals surface area contributed by atoms with Gasteiger partial charge in [0, 0.05) is 74.8 Å². The van der Waals surface area contributed by atoms with Gasteiger partial charge in [0.05, 0.1) is 29.9 Å². The van der Waals surface area contributed by atoms with Gasteiger partial charge in [-0.2, -0.15) is 0 Å². The van der Waals surface area contributed by atoms with Crippen LogP contribution < -0.4 is 5.32 Å². The normalized spacial score (nSPS) is 12.4. The number of hydrogen-bond donors (Lipinski definition) is 3. The first-order chi connectivity index (χ1) is 20.2. The molecule has 0 unspecified atom stereocenters. The van der Waals surface area contributed by atoms with Crippen LogP contribution in [0.2, 0.25) is 0 Å². The van der Waals surface area contributed by atoms with Crippen LogP contribution >= 0.6 is 0 Å². The number of aromatic nitrogens is 1. The number of amides is 1. The SMILES string of the molecule is CO[C@@H](CC(=O)O)C[C@H](O)CCn1c(-c2ccc(F)cc2)c(-c2ccccc2)c(C(=O)Nc2ccccc2)c1C(C)C.[Ca]. The van der Waals surface area contributed by atoms with Gasteiger partial charge in [0.15, 0.2) is 0 Å². The molecule has 9 heteroatoms. The number of nitrogens with one attached hydrogen (secondary N) is 1. The molecule has 0 saturated carbocycles. The quantitative estimate of drug-likeness (QED) is 0.148. The smallest absolute Gasteiger partial charge is 0.305 e. The topological polar surface area (TPSA) is 101 Å². The average Bonchev–Trinajstić information content (AvgIpc) is 3.32. The van der Waals surface area contributed by atoms with Crippen molar-refractivity contribution in [1.82, 2.24) is 4.57 Å². The van der Waals surface area contributed by atoms with Crippen LogP contribution in [0.15, 0.2) is 84.9 Å². The molecule has 3 aromatic carbocycles. The maximum absolute atomic E-state index is 14.1.